The van der Waals surface area contributed by atoms with Crippen LogP contribution in [-0.4, -0.2) is 33.7 Å². The van der Waals surface area contributed by atoms with Crippen LogP contribution in [0.15, 0.2) is 18.2 Å². The van der Waals surface area contributed by atoms with Crippen LogP contribution >= 0.6 is 11.6 Å². The molecule has 0 atom stereocenters. The molecule has 0 aromatic heterocycles. The summed E-state index contributed by atoms with van der Waals surface area (Å²) in [7, 11) is -1.91. The topological polar surface area (TPSA) is 66.5 Å². The molecule has 0 unspecified atom stereocenters. The van der Waals surface area contributed by atoms with Crippen molar-refractivity contribution in [2.75, 3.05) is 17.6 Å². The van der Waals surface area contributed by atoms with E-state index in [9.17, 15) is 13.2 Å². The third-order valence-corrected chi connectivity index (χ3v) is 5.52. The largest absolute Gasteiger partial charge is 0.349 e. The summed E-state index contributed by atoms with van der Waals surface area (Å²) in [5.41, 5.74) is 0.805. The van der Waals surface area contributed by atoms with Crippen molar-refractivity contribution in [3.8, 4) is 0 Å². The number of halogens is 1. The minimum Gasteiger partial charge on any atom is -0.349 e. The van der Waals surface area contributed by atoms with E-state index >= 15 is 0 Å². The summed E-state index contributed by atoms with van der Waals surface area (Å²) in [6, 6.07) is 4.86. The summed E-state index contributed by atoms with van der Waals surface area (Å²) in [6.45, 7) is 0. The maximum absolute atomic E-state index is 12.3. The van der Waals surface area contributed by atoms with Gasteiger partial charge in [-0.2, -0.15) is 0 Å². The average Bonchev–Trinajstić information content (AvgIpc) is 2.46. The lowest BCUT2D eigenvalue weighted by Crippen LogP contribution is -2.36. The molecule has 2 rings (SSSR count). The summed E-state index contributed by atoms with van der Waals surface area (Å²) < 4.78 is 24.2. The lowest BCUT2D eigenvalue weighted by Gasteiger charge is -2.23. The van der Waals surface area contributed by atoms with Crippen molar-refractivity contribution in [1.82, 2.24) is 5.32 Å². The molecule has 0 bridgehead atoms. The number of nitrogens with zero attached hydrogens (tertiary/aromatic N) is 1. The van der Waals surface area contributed by atoms with Gasteiger partial charge in [-0.05, 0) is 31.0 Å². The number of hydrogen-bond donors (Lipinski definition) is 1. The number of rotatable bonds is 4. The summed E-state index contributed by atoms with van der Waals surface area (Å²) in [5.74, 6) is -0.203. The van der Waals surface area contributed by atoms with Gasteiger partial charge in [-0.1, -0.05) is 30.9 Å². The molecule has 122 valence electrons. The molecule has 1 aromatic rings. The predicted molar refractivity (Wildman–Crippen MR) is 89.0 cm³/mol. The van der Waals surface area contributed by atoms with Crippen LogP contribution in [-0.2, 0) is 10.0 Å². The molecule has 22 heavy (non-hydrogen) atoms. The van der Waals surface area contributed by atoms with E-state index < -0.39 is 10.0 Å². The highest BCUT2D eigenvalue weighted by Crippen LogP contribution is 2.25. The molecule has 1 aliphatic carbocycles. The average molecular weight is 345 g/mol. The van der Waals surface area contributed by atoms with Crippen LogP contribution in [0.3, 0.4) is 0 Å². The molecule has 0 radical (unpaired) electrons. The molecule has 0 heterocycles. The third kappa shape index (κ3) is 4.14. The number of nitrogens with one attached hydrogen (secondary N) is 1. The van der Waals surface area contributed by atoms with E-state index in [1.165, 1.54) is 19.5 Å². The smallest absolute Gasteiger partial charge is 0.253 e. The Morgan fingerprint density at radius 3 is 2.45 bits per heavy atom. The monoisotopic (exact) mass is 344 g/mol. The van der Waals surface area contributed by atoms with Crippen molar-refractivity contribution >= 4 is 33.2 Å². The molecule has 1 fully saturated rings. The second-order valence-corrected chi connectivity index (χ2v) is 8.12. The zero-order valence-corrected chi connectivity index (χ0v) is 14.4. The number of amides is 1. The van der Waals surface area contributed by atoms with Crippen molar-refractivity contribution in [3.63, 3.8) is 0 Å². The van der Waals surface area contributed by atoms with E-state index in [2.05, 4.69) is 5.32 Å². The number of anilines is 1. The van der Waals surface area contributed by atoms with Crippen LogP contribution in [0.4, 0.5) is 5.69 Å². The zero-order chi connectivity index (χ0) is 16.3. The first-order valence-corrected chi connectivity index (χ1v) is 9.56. The molecular formula is C15H21ClN2O3S. The Balaban J connectivity index is 2.13. The highest BCUT2D eigenvalue weighted by atomic mass is 35.5. The molecule has 0 spiro atoms. The molecule has 0 saturated heterocycles. The van der Waals surface area contributed by atoms with E-state index in [0.29, 0.717) is 11.3 Å². The summed E-state index contributed by atoms with van der Waals surface area (Å²) in [6.07, 6.45) is 6.61. The normalized spacial score (nSPS) is 16.3. The lowest BCUT2D eigenvalue weighted by atomic mass is 9.95. The molecule has 0 aliphatic heterocycles. The van der Waals surface area contributed by atoms with E-state index in [-0.39, 0.29) is 17.0 Å². The molecule has 7 heteroatoms. The zero-order valence-electron chi connectivity index (χ0n) is 12.8. The first-order valence-electron chi connectivity index (χ1n) is 7.33. The van der Waals surface area contributed by atoms with Gasteiger partial charge in [0.1, 0.15) is 0 Å². The molecule has 1 amide bonds. The van der Waals surface area contributed by atoms with Crippen molar-refractivity contribution < 1.29 is 13.2 Å². The van der Waals surface area contributed by atoms with Crippen molar-refractivity contribution in [1.29, 1.82) is 0 Å². The lowest BCUT2D eigenvalue weighted by molar-refractivity contribution is 0.0928. The summed E-state index contributed by atoms with van der Waals surface area (Å²) in [5, 5.41) is 3.25. The van der Waals surface area contributed by atoms with Crippen LogP contribution in [0.5, 0.6) is 0 Å². The second kappa shape index (κ2) is 6.87. The standard InChI is InChI=1S/C15H21ClN2O3S/c1-18(22(2,20)21)12-8-9-13(14(16)10-12)15(19)17-11-6-4-3-5-7-11/h8-11H,3-7H2,1-2H3,(H,17,19). The van der Waals surface area contributed by atoms with Crippen molar-refractivity contribution in [2.24, 2.45) is 0 Å². The number of carbonyl (C=O) groups excluding carboxylic acids is 1. The second-order valence-electron chi connectivity index (χ2n) is 5.70. The van der Waals surface area contributed by atoms with Gasteiger partial charge in [-0.3, -0.25) is 9.10 Å². The van der Waals surface area contributed by atoms with E-state index in [1.807, 2.05) is 0 Å². The number of carbonyl (C=O) groups is 1. The summed E-state index contributed by atoms with van der Waals surface area (Å²) in [4.78, 5) is 12.3. The maximum atomic E-state index is 12.3. The Morgan fingerprint density at radius 2 is 1.91 bits per heavy atom. The Bertz CT molecular complexity index is 655. The molecular weight excluding hydrogens is 324 g/mol. The first kappa shape index (κ1) is 17.1. The first-order chi connectivity index (χ1) is 10.3. The van der Waals surface area contributed by atoms with Gasteiger partial charge in [-0.15, -0.1) is 0 Å². The fourth-order valence-corrected chi connectivity index (χ4v) is 3.34. The van der Waals surface area contributed by atoms with Gasteiger partial charge in [0.15, 0.2) is 0 Å². The minimum atomic E-state index is -3.35. The van der Waals surface area contributed by atoms with Crippen LogP contribution in [0.25, 0.3) is 0 Å². The van der Waals surface area contributed by atoms with Gasteiger partial charge >= 0.3 is 0 Å². The Labute approximate surface area is 136 Å². The molecule has 5 nitrogen and oxygen atoms in total. The number of benzene rings is 1. The fourth-order valence-electron chi connectivity index (χ4n) is 2.59. The minimum absolute atomic E-state index is 0.203. The highest BCUT2D eigenvalue weighted by Gasteiger charge is 2.19. The van der Waals surface area contributed by atoms with Gasteiger partial charge in [0.2, 0.25) is 10.0 Å². The van der Waals surface area contributed by atoms with E-state index in [1.54, 1.807) is 12.1 Å². The number of sulfonamides is 1. The predicted octanol–water partition coefficient (Wildman–Crippen LogP) is 2.80. The Hall–Kier alpha value is -1.27. The van der Waals surface area contributed by atoms with Gasteiger partial charge in [0, 0.05) is 13.1 Å². The number of hydrogen-bond acceptors (Lipinski definition) is 3. The van der Waals surface area contributed by atoms with Gasteiger partial charge < -0.3 is 5.32 Å². The molecule has 1 saturated carbocycles. The van der Waals surface area contributed by atoms with Crippen LogP contribution in [0, 0.1) is 0 Å². The SMILES string of the molecule is CN(c1ccc(C(=O)NC2CCCCC2)c(Cl)c1)S(C)(=O)=O. The van der Waals surface area contributed by atoms with Crippen LogP contribution in [0.1, 0.15) is 42.5 Å². The van der Waals surface area contributed by atoms with Gasteiger partial charge in [0.25, 0.3) is 5.91 Å². The fraction of sp³-hybridized carbons (Fsp3) is 0.533. The van der Waals surface area contributed by atoms with Crippen molar-refractivity contribution in [2.45, 2.75) is 38.1 Å². The molecule has 1 aromatic carbocycles. The highest BCUT2D eigenvalue weighted by molar-refractivity contribution is 7.92. The summed E-state index contributed by atoms with van der Waals surface area (Å²) >= 11 is 6.15. The Morgan fingerprint density at radius 1 is 1.27 bits per heavy atom. The third-order valence-electron chi connectivity index (χ3n) is 4.00. The Kier molecular flexibility index (Phi) is 5.34. The maximum Gasteiger partial charge on any atom is 0.253 e. The quantitative estimate of drug-likeness (QED) is 0.913. The van der Waals surface area contributed by atoms with Gasteiger partial charge in [0.05, 0.1) is 22.5 Å². The van der Waals surface area contributed by atoms with E-state index in [0.717, 1.165) is 36.2 Å². The van der Waals surface area contributed by atoms with Crippen LogP contribution in [0.2, 0.25) is 5.02 Å². The molecule has 1 aliphatic rings. The van der Waals surface area contributed by atoms with E-state index in [4.69, 9.17) is 11.6 Å². The van der Waals surface area contributed by atoms with Crippen molar-refractivity contribution in [3.05, 3.63) is 28.8 Å². The van der Waals surface area contributed by atoms with Crippen LogP contribution < -0.4 is 9.62 Å². The molecule has 1 N–H and O–H groups in total. The van der Waals surface area contributed by atoms with Gasteiger partial charge in [-0.25, -0.2) is 8.42 Å².